The number of aromatic hydroxyl groups is 1. The average Bonchev–Trinajstić information content (AvgIpc) is 2.89. The minimum absolute atomic E-state index is 0.237. The SMILES string of the molecule is Cc1c(O)cccc1C1=C(c2ccccc2Cl)CCCc2cc(C(=O)O)ccc21. The van der Waals surface area contributed by atoms with Gasteiger partial charge >= 0.3 is 5.97 Å². The molecule has 0 amide bonds. The van der Waals surface area contributed by atoms with Gasteiger partial charge in [-0.1, -0.05) is 48.0 Å². The van der Waals surface area contributed by atoms with Crippen molar-refractivity contribution < 1.29 is 15.0 Å². The molecular weight excluding hydrogens is 384 g/mol. The molecule has 0 bridgehead atoms. The molecule has 0 spiro atoms. The number of phenolic OH excluding ortho intramolecular Hbond substituents is 1. The molecule has 0 aliphatic heterocycles. The molecule has 1 aliphatic carbocycles. The van der Waals surface area contributed by atoms with Gasteiger partial charge in [-0.15, -0.1) is 0 Å². The van der Waals surface area contributed by atoms with E-state index in [1.54, 1.807) is 18.2 Å². The lowest BCUT2D eigenvalue weighted by Crippen LogP contribution is -2.02. The molecule has 0 fully saturated rings. The van der Waals surface area contributed by atoms with Gasteiger partial charge in [0.15, 0.2) is 0 Å². The van der Waals surface area contributed by atoms with Crippen LogP contribution in [0.5, 0.6) is 5.75 Å². The molecule has 0 aromatic heterocycles. The lowest BCUT2D eigenvalue weighted by Gasteiger charge is -2.19. The van der Waals surface area contributed by atoms with E-state index in [0.29, 0.717) is 5.02 Å². The van der Waals surface area contributed by atoms with Crippen LogP contribution in [0.4, 0.5) is 0 Å². The number of hydrogen-bond donors (Lipinski definition) is 2. The van der Waals surface area contributed by atoms with Gasteiger partial charge in [0.05, 0.1) is 5.56 Å². The van der Waals surface area contributed by atoms with Crippen LogP contribution in [0.15, 0.2) is 60.7 Å². The van der Waals surface area contributed by atoms with Crippen molar-refractivity contribution in [1.82, 2.24) is 0 Å². The lowest BCUT2D eigenvalue weighted by atomic mass is 9.85. The van der Waals surface area contributed by atoms with Crippen LogP contribution < -0.4 is 0 Å². The van der Waals surface area contributed by atoms with Crippen molar-refractivity contribution in [3.05, 3.63) is 99.1 Å². The van der Waals surface area contributed by atoms with Gasteiger partial charge < -0.3 is 10.2 Å². The summed E-state index contributed by atoms with van der Waals surface area (Å²) in [5, 5.41) is 20.5. The lowest BCUT2D eigenvalue weighted by molar-refractivity contribution is 0.0696. The number of allylic oxidation sites excluding steroid dienone is 1. The van der Waals surface area contributed by atoms with Crippen molar-refractivity contribution in [1.29, 1.82) is 0 Å². The number of carboxylic acids is 1. The fourth-order valence-corrected chi connectivity index (χ4v) is 4.35. The number of carboxylic acid groups (broad SMARTS) is 1. The van der Waals surface area contributed by atoms with E-state index in [1.807, 2.05) is 49.4 Å². The van der Waals surface area contributed by atoms with E-state index in [9.17, 15) is 15.0 Å². The zero-order chi connectivity index (χ0) is 20.5. The first-order chi connectivity index (χ1) is 14.0. The molecule has 2 N–H and O–H groups in total. The number of phenols is 1. The Bertz CT molecular complexity index is 1140. The Hall–Kier alpha value is -3.04. The molecule has 1 aliphatic rings. The van der Waals surface area contributed by atoms with E-state index in [0.717, 1.165) is 58.2 Å². The van der Waals surface area contributed by atoms with Crippen LogP contribution in [0.1, 0.15) is 51.0 Å². The van der Waals surface area contributed by atoms with E-state index in [-0.39, 0.29) is 11.3 Å². The first kappa shape index (κ1) is 19.3. The Morgan fingerprint density at radius 1 is 0.931 bits per heavy atom. The topological polar surface area (TPSA) is 57.5 Å². The maximum Gasteiger partial charge on any atom is 0.335 e. The van der Waals surface area contributed by atoms with Crippen molar-refractivity contribution >= 4 is 28.7 Å². The molecule has 4 rings (SSSR count). The molecule has 3 nitrogen and oxygen atoms in total. The highest BCUT2D eigenvalue weighted by Gasteiger charge is 2.23. The molecular formula is C25H21ClO3. The highest BCUT2D eigenvalue weighted by Crippen LogP contribution is 2.43. The average molecular weight is 405 g/mol. The number of aryl methyl sites for hydroxylation is 1. The van der Waals surface area contributed by atoms with Crippen LogP contribution in [0, 0.1) is 6.92 Å². The molecule has 146 valence electrons. The summed E-state index contributed by atoms with van der Waals surface area (Å²) < 4.78 is 0. The fraction of sp³-hybridized carbons (Fsp3) is 0.160. The highest BCUT2D eigenvalue weighted by atomic mass is 35.5. The van der Waals surface area contributed by atoms with Crippen molar-refractivity contribution in [2.45, 2.75) is 26.2 Å². The third kappa shape index (κ3) is 3.54. The number of benzene rings is 3. The molecule has 0 radical (unpaired) electrons. The summed E-state index contributed by atoms with van der Waals surface area (Å²) in [5.41, 5.74) is 7.12. The fourth-order valence-electron chi connectivity index (χ4n) is 4.10. The maximum absolute atomic E-state index is 11.5. The van der Waals surface area contributed by atoms with Gasteiger partial charge in [-0.2, -0.15) is 0 Å². The first-order valence-corrected chi connectivity index (χ1v) is 9.98. The van der Waals surface area contributed by atoms with Crippen LogP contribution in [0.3, 0.4) is 0 Å². The number of carbonyl (C=O) groups is 1. The molecule has 3 aromatic rings. The van der Waals surface area contributed by atoms with Crippen LogP contribution in [0.2, 0.25) is 5.02 Å². The molecule has 29 heavy (non-hydrogen) atoms. The van der Waals surface area contributed by atoms with Gasteiger partial charge in [-0.3, -0.25) is 0 Å². The van der Waals surface area contributed by atoms with Crippen molar-refractivity contribution in [3.63, 3.8) is 0 Å². The molecule has 4 heteroatoms. The van der Waals surface area contributed by atoms with Gasteiger partial charge in [-0.25, -0.2) is 4.79 Å². The van der Waals surface area contributed by atoms with Crippen molar-refractivity contribution in [3.8, 4) is 5.75 Å². The monoisotopic (exact) mass is 404 g/mol. The Morgan fingerprint density at radius 3 is 2.45 bits per heavy atom. The van der Waals surface area contributed by atoms with Crippen molar-refractivity contribution in [2.75, 3.05) is 0 Å². The summed E-state index contributed by atoms with van der Waals surface area (Å²) in [5.74, 6) is -0.691. The molecule has 0 saturated carbocycles. The number of fused-ring (bicyclic) bond motifs is 1. The third-order valence-electron chi connectivity index (χ3n) is 5.57. The third-order valence-corrected chi connectivity index (χ3v) is 5.90. The van der Waals surface area contributed by atoms with Gasteiger partial charge in [-0.05, 0) is 89.4 Å². The Morgan fingerprint density at radius 2 is 1.69 bits per heavy atom. The second-order valence-electron chi connectivity index (χ2n) is 7.31. The van der Waals surface area contributed by atoms with Crippen LogP contribution >= 0.6 is 11.6 Å². The molecule has 0 heterocycles. The predicted octanol–water partition coefficient (Wildman–Crippen LogP) is 6.35. The first-order valence-electron chi connectivity index (χ1n) is 9.61. The summed E-state index contributed by atoms with van der Waals surface area (Å²) >= 11 is 6.57. The smallest absolute Gasteiger partial charge is 0.335 e. The summed E-state index contributed by atoms with van der Waals surface area (Å²) in [6.07, 6.45) is 2.48. The largest absolute Gasteiger partial charge is 0.508 e. The zero-order valence-corrected chi connectivity index (χ0v) is 16.8. The van der Waals surface area contributed by atoms with E-state index in [2.05, 4.69) is 0 Å². The highest BCUT2D eigenvalue weighted by molar-refractivity contribution is 6.32. The maximum atomic E-state index is 11.5. The Labute approximate surface area is 174 Å². The van der Waals surface area contributed by atoms with Crippen LogP contribution in [-0.2, 0) is 6.42 Å². The number of aromatic carboxylic acids is 1. The summed E-state index contributed by atoms with van der Waals surface area (Å²) in [7, 11) is 0. The molecule has 0 saturated heterocycles. The molecule has 0 atom stereocenters. The van der Waals surface area contributed by atoms with E-state index >= 15 is 0 Å². The summed E-state index contributed by atoms with van der Waals surface area (Å²) in [6, 6.07) is 18.6. The van der Waals surface area contributed by atoms with E-state index < -0.39 is 5.97 Å². The quantitative estimate of drug-likeness (QED) is 0.534. The molecule has 3 aromatic carbocycles. The van der Waals surface area contributed by atoms with E-state index in [4.69, 9.17) is 11.6 Å². The Kier molecular flexibility index (Phi) is 5.16. The number of rotatable bonds is 3. The standard InChI is InChI=1S/C25H21ClO3/c1-15-18(8-5-11-23(15)27)24-19-13-12-17(25(28)29)14-16(19)6-4-9-21(24)20-7-2-3-10-22(20)26/h2-3,5,7-8,10-14,27H,4,6,9H2,1H3,(H,28,29). The number of halogens is 1. The zero-order valence-electron chi connectivity index (χ0n) is 16.1. The van der Waals surface area contributed by atoms with Crippen molar-refractivity contribution in [2.24, 2.45) is 0 Å². The van der Waals surface area contributed by atoms with E-state index in [1.165, 1.54) is 0 Å². The van der Waals surface area contributed by atoms with Crippen LogP contribution in [0.25, 0.3) is 11.1 Å². The molecule has 0 unspecified atom stereocenters. The normalized spacial score (nSPS) is 13.7. The van der Waals surface area contributed by atoms with Gasteiger partial charge in [0.1, 0.15) is 5.75 Å². The van der Waals surface area contributed by atoms with Crippen LogP contribution in [-0.4, -0.2) is 16.2 Å². The summed E-state index contributed by atoms with van der Waals surface area (Å²) in [4.78, 5) is 11.5. The van der Waals surface area contributed by atoms with Gasteiger partial charge in [0.25, 0.3) is 0 Å². The summed E-state index contributed by atoms with van der Waals surface area (Å²) in [6.45, 7) is 1.90. The van der Waals surface area contributed by atoms with Gasteiger partial charge in [0.2, 0.25) is 0 Å². The second-order valence-corrected chi connectivity index (χ2v) is 7.72. The van der Waals surface area contributed by atoms with Gasteiger partial charge in [0, 0.05) is 5.02 Å². The Balaban J connectivity index is 2.07. The number of hydrogen-bond acceptors (Lipinski definition) is 2. The minimum atomic E-state index is -0.928. The second kappa shape index (κ2) is 7.76. The minimum Gasteiger partial charge on any atom is -0.508 e. The predicted molar refractivity (Wildman–Crippen MR) is 117 cm³/mol.